The summed E-state index contributed by atoms with van der Waals surface area (Å²) < 4.78 is 46.0. The fourth-order valence-electron chi connectivity index (χ4n) is 2.88. The first-order valence-corrected chi connectivity index (χ1v) is 7.84. The van der Waals surface area contributed by atoms with Gasteiger partial charge in [-0.25, -0.2) is 4.98 Å². The first-order chi connectivity index (χ1) is 12.5. The minimum Gasteiger partial charge on any atom is -0.383 e. The Labute approximate surface area is 145 Å². The van der Waals surface area contributed by atoms with Crippen LogP contribution >= 0.6 is 0 Å². The van der Waals surface area contributed by atoms with Gasteiger partial charge < -0.3 is 4.74 Å². The molecule has 9 heteroatoms. The molecule has 0 aliphatic carbocycles. The van der Waals surface area contributed by atoms with Crippen LogP contribution in [0.4, 0.5) is 13.2 Å². The fourth-order valence-corrected chi connectivity index (χ4v) is 2.88. The summed E-state index contributed by atoms with van der Waals surface area (Å²) >= 11 is 0. The molecule has 0 bridgehead atoms. The maximum atomic E-state index is 13.1. The van der Waals surface area contributed by atoms with Crippen molar-refractivity contribution in [2.75, 3.05) is 13.7 Å². The van der Waals surface area contributed by atoms with Gasteiger partial charge in [-0.3, -0.25) is 9.78 Å². The van der Waals surface area contributed by atoms with Crippen LogP contribution in [0.1, 0.15) is 5.69 Å². The molecule has 0 amide bonds. The van der Waals surface area contributed by atoms with E-state index in [1.807, 2.05) is 18.2 Å². The van der Waals surface area contributed by atoms with Crippen molar-refractivity contribution in [2.45, 2.75) is 12.7 Å². The number of aromatic amines is 1. The Balaban J connectivity index is 1.96. The van der Waals surface area contributed by atoms with E-state index < -0.39 is 11.9 Å². The third-order valence-corrected chi connectivity index (χ3v) is 4.10. The lowest BCUT2D eigenvalue weighted by molar-refractivity contribution is -0.140. The SMILES string of the molecule is COCCn1nc2ccc(C(F)(F)F)nc2c1-c1ccc2[nH]ncc2c1. The van der Waals surface area contributed by atoms with Crippen LogP contribution in [0.5, 0.6) is 0 Å². The standard InChI is InChI=1S/C17H14F3N5O/c1-26-7-6-25-16(10-2-3-12-11(8-10)9-21-23-12)15-13(24-25)4-5-14(22-15)17(18,19)20/h2-5,8-9H,6-7H2,1H3,(H,21,23). The lowest BCUT2D eigenvalue weighted by Gasteiger charge is -2.08. The summed E-state index contributed by atoms with van der Waals surface area (Å²) in [5, 5.41) is 12.1. The topological polar surface area (TPSA) is 68.6 Å². The highest BCUT2D eigenvalue weighted by atomic mass is 19.4. The van der Waals surface area contributed by atoms with Crippen LogP contribution in [0.15, 0.2) is 36.5 Å². The van der Waals surface area contributed by atoms with Crippen LogP contribution in [0, 0.1) is 0 Å². The Hall–Kier alpha value is -2.94. The van der Waals surface area contributed by atoms with Crippen molar-refractivity contribution in [3.63, 3.8) is 0 Å². The summed E-state index contributed by atoms with van der Waals surface area (Å²) in [6.07, 6.45) is -2.86. The van der Waals surface area contributed by atoms with Crippen molar-refractivity contribution >= 4 is 21.9 Å². The Bertz CT molecular complexity index is 1080. The summed E-state index contributed by atoms with van der Waals surface area (Å²) in [6.45, 7) is 0.772. The molecular formula is C17H14F3N5O. The van der Waals surface area contributed by atoms with Crippen molar-refractivity contribution in [1.82, 2.24) is 25.0 Å². The molecule has 3 aromatic heterocycles. The molecule has 134 valence electrons. The smallest absolute Gasteiger partial charge is 0.383 e. The number of aromatic nitrogens is 5. The van der Waals surface area contributed by atoms with E-state index in [0.717, 1.165) is 17.0 Å². The molecule has 6 nitrogen and oxygen atoms in total. The van der Waals surface area contributed by atoms with Gasteiger partial charge in [0.05, 0.1) is 30.6 Å². The number of hydrogen-bond donors (Lipinski definition) is 1. The molecule has 0 atom stereocenters. The Morgan fingerprint density at radius 3 is 2.81 bits per heavy atom. The van der Waals surface area contributed by atoms with Gasteiger partial charge in [-0.1, -0.05) is 6.07 Å². The van der Waals surface area contributed by atoms with Crippen LogP contribution in [-0.4, -0.2) is 38.7 Å². The molecule has 0 aliphatic heterocycles. The second-order valence-corrected chi connectivity index (χ2v) is 5.80. The van der Waals surface area contributed by atoms with E-state index >= 15 is 0 Å². The lowest BCUT2D eigenvalue weighted by Crippen LogP contribution is -2.08. The van der Waals surface area contributed by atoms with Crippen molar-refractivity contribution in [2.24, 2.45) is 0 Å². The summed E-state index contributed by atoms with van der Waals surface area (Å²) in [5.74, 6) is 0. The second kappa shape index (κ2) is 6.10. The van der Waals surface area contributed by atoms with E-state index in [0.29, 0.717) is 29.9 Å². The van der Waals surface area contributed by atoms with Crippen LogP contribution in [-0.2, 0) is 17.5 Å². The van der Waals surface area contributed by atoms with Gasteiger partial charge in [0.15, 0.2) is 0 Å². The summed E-state index contributed by atoms with van der Waals surface area (Å²) in [4.78, 5) is 3.85. The lowest BCUT2D eigenvalue weighted by atomic mass is 10.1. The molecule has 4 rings (SSSR count). The predicted molar refractivity (Wildman–Crippen MR) is 89.5 cm³/mol. The molecule has 0 aliphatic rings. The van der Waals surface area contributed by atoms with Crippen molar-refractivity contribution in [1.29, 1.82) is 0 Å². The largest absolute Gasteiger partial charge is 0.433 e. The molecule has 1 aromatic carbocycles. The van der Waals surface area contributed by atoms with Crippen LogP contribution in [0.25, 0.3) is 33.2 Å². The zero-order valence-corrected chi connectivity index (χ0v) is 13.7. The van der Waals surface area contributed by atoms with E-state index in [-0.39, 0.29) is 5.52 Å². The number of fused-ring (bicyclic) bond motifs is 2. The minimum atomic E-state index is -4.52. The average molecular weight is 361 g/mol. The molecule has 0 radical (unpaired) electrons. The normalized spacial score (nSPS) is 12.3. The van der Waals surface area contributed by atoms with E-state index in [2.05, 4.69) is 20.3 Å². The third kappa shape index (κ3) is 2.80. The van der Waals surface area contributed by atoms with Gasteiger partial charge in [-0.15, -0.1) is 0 Å². The van der Waals surface area contributed by atoms with Crippen LogP contribution < -0.4 is 0 Å². The second-order valence-electron chi connectivity index (χ2n) is 5.80. The number of alkyl halides is 3. The number of methoxy groups -OCH3 is 1. The van der Waals surface area contributed by atoms with Crippen molar-refractivity contribution in [3.05, 3.63) is 42.2 Å². The zero-order valence-electron chi connectivity index (χ0n) is 13.7. The number of nitrogens with zero attached hydrogens (tertiary/aromatic N) is 4. The molecule has 3 heterocycles. The Morgan fingerprint density at radius 2 is 2.04 bits per heavy atom. The summed E-state index contributed by atoms with van der Waals surface area (Å²) in [6, 6.07) is 7.76. The first-order valence-electron chi connectivity index (χ1n) is 7.84. The Kier molecular flexibility index (Phi) is 3.87. The van der Waals surface area contributed by atoms with Crippen molar-refractivity contribution < 1.29 is 17.9 Å². The van der Waals surface area contributed by atoms with Crippen LogP contribution in [0.3, 0.4) is 0 Å². The molecule has 4 aromatic rings. The zero-order chi connectivity index (χ0) is 18.3. The van der Waals surface area contributed by atoms with E-state index in [1.54, 1.807) is 18.0 Å². The highest BCUT2D eigenvalue weighted by Crippen LogP contribution is 2.33. The number of benzene rings is 1. The fraction of sp³-hybridized carbons (Fsp3) is 0.235. The number of halogens is 3. The minimum absolute atomic E-state index is 0.207. The quantitative estimate of drug-likeness (QED) is 0.603. The molecule has 26 heavy (non-hydrogen) atoms. The Morgan fingerprint density at radius 1 is 1.19 bits per heavy atom. The van der Waals surface area contributed by atoms with E-state index in [4.69, 9.17) is 4.74 Å². The number of rotatable bonds is 4. The highest BCUT2D eigenvalue weighted by Gasteiger charge is 2.33. The monoisotopic (exact) mass is 361 g/mol. The molecule has 0 spiro atoms. The maximum Gasteiger partial charge on any atom is 0.433 e. The molecule has 0 saturated carbocycles. The first kappa shape index (κ1) is 16.5. The summed E-state index contributed by atoms with van der Waals surface area (Å²) in [7, 11) is 1.56. The highest BCUT2D eigenvalue weighted by molar-refractivity contribution is 5.93. The van der Waals surface area contributed by atoms with Gasteiger partial charge >= 0.3 is 6.18 Å². The van der Waals surface area contributed by atoms with Gasteiger partial charge in [0, 0.05) is 18.1 Å². The number of ether oxygens (including phenoxy) is 1. The molecule has 0 unspecified atom stereocenters. The van der Waals surface area contributed by atoms with E-state index in [9.17, 15) is 13.2 Å². The number of hydrogen-bond acceptors (Lipinski definition) is 4. The van der Waals surface area contributed by atoms with E-state index in [1.165, 1.54) is 6.07 Å². The van der Waals surface area contributed by atoms with Crippen molar-refractivity contribution in [3.8, 4) is 11.3 Å². The molecule has 0 saturated heterocycles. The van der Waals surface area contributed by atoms with Crippen LogP contribution in [0.2, 0.25) is 0 Å². The van der Waals surface area contributed by atoms with Gasteiger partial charge in [-0.05, 0) is 24.3 Å². The maximum absolute atomic E-state index is 13.1. The van der Waals surface area contributed by atoms with Gasteiger partial charge in [0.1, 0.15) is 16.7 Å². The summed E-state index contributed by atoms with van der Waals surface area (Å²) in [5.41, 5.74) is 1.73. The average Bonchev–Trinajstić information content (AvgIpc) is 3.21. The predicted octanol–water partition coefficient (Wildman–Crippen LogP) is 3.64. The van der Waals surface area contributed by atoms with Gasteiger partial charge in [0.25, 0.3) is 0 Å². The molecule has 0 fully saturated rings. The third-order valence-electron chi connectivity index (χ3n) is 4.10. The van der Waals surface area contributed by atoms with Gasteiger partial charge in [0.2, 0.25) is 0 Å². The molecular weight excluding hydrogens is 347 g/mol. The number of nitrogens with one attached hydrogen (secondary N) is 1. The van der Waals surface area contributed by atoms with Gasteiger partial charge in [-0.2, -0.15) is 23.4 Å². The number of H-pyrrole nitrogens is 1. The molecule has 1 N–H and O–H groups in total. The number of pyridine rings is 1.